The van der Waals surface area contributed by atoms with Crippen LogP contribution >= 0.6 is 0 Å². The van der Waals surface area contributed by atoms with Gasteiger partial charge in [-0.1, -0.05) is 12.8 Å². The summed E-state index contributed by atoms with van der Waals surface area (Å²) in [7, 11) is 0. The zero-order chi connectivity index (χ0) is 11.7. The average molecular weight is 238 g/mol. The molecule has 0 radical (unpaired) electrons. The van der Waals surface area contributed by atoms with Gasteiger partial charge in [0.2, 0.25) is 0 Å². The predicted octanol–water partition coefficient (Wildman–Crippen LogP) is 1.68. The molecule has 3 aliphatic rings. The van der Waals surface area contributed by atoms with Crippen LogP contribution in [0.5, 0.6) is 0 Å². The van der Waals surface area contributed by atoms with E-state index in [4.69, 9.17) is 4.74 Å². The zero-order valence-corrected chi connectivity index (χ0v) is 11.0. The van der Waals surface area contributed by atoms with Gasteiger partial charge in [-0.25, -0.2) is 0 Å². The van der Waals surface area contributed by atoms with Crippen molar-refractivity contribution < 1.29 is 4.74 Å². The van der Waals surface area contributed by atoms with Crippen LogP contribution in [0.2, 0.25) is 0 Å². The number of rotatable bonds is 3. The fourth-order valence-corrected chi connectivity index (χ4v) is 3.76. The molecule has 3 rings (SSSR count). The number of nitrogens with one attached hydrogen (secondary N) is 2. The van der Waals surface area contributed by atoms with Gasteiger partial charge in [0.05, 0.1) is 6.61 Å². The number of hydrogen-bond donors (Lipinski definition) is 2. The third-order valence-electron chi connectivity index (χ3n) is 4.94. The van der Waals surface area contributed by atoms with E-state index in [2.05, 4.69) is 17.6 Å². The van der Waals surface area contributed by atoms with Crippen molar-refractivity contribution in [1.29, 1.82) is 0 Å². The largest absolute Gasteiger partial charge is 0.379 e. The molecule has 2 saturated heterocycles. The summed E-state index contributed by atoms with van der Waals surface area (Å²) in [6, 6.07) is 1.52. The lowest BCUT2D eigenvalue weighted by molar-refractivity contribution is 0.170. The molecule has 3 fully saturated rings. The molecule has 0 aromatic heterocycles. The first-order valence-electron chi connectivity index (χ1n) is 7.34. The Morgan fingerprint density at radius 1 is 1.35 bits per heavy atom. The molecule has 0 spiro atoms. The van der Waals surface area contributed by atoms with Crippen molar-refractivity contribution in [3.63, 3.8) is 0 Å². The lowest BCUT2D eigenvalue weighted by Crippen LogP contribution is -2.48. The van der Waals surface area contributed by atoms with E-state index >= 15 is 0 Å². The van der Waals surface area contributed by atoms with E-state index in [1.54, 1.807) is 0 Å². The van der Waals surface area contributed by atoms with Gasteiger partial charge in [-0.2, -0.15) is 0 Å². The Hall–Kier alpha value is -0.120. The smallest absolute Gasteiger partial charge is 0.0646 e. The molecule has 2 N–H and O–H groups in total. The van der Waals surface area contributed by atoms with Crippen molar-refractivity contribution >= 4 is 0 Å². The summed E-state index contributed by atoms with van der Waals surface area (Å²) >= 11 is 0. The minimum Gasteiger partial charge on any atom is -0.379 e. The van der Waals surface area contributed by atoms with Crippen LogP contribution in [0.3, 0.4) is 0 Å². The van der Waals surface area contributed by atoms with Gasteiger partial charge in [-0.3, -0.25) is 0 Å². The Morgan fingerprint density at radius 3 is 3.00 bits per heavy atom. The average Bonchev–Trinajstić information content (AvgIpc) is 2.93. The Morgan fingerprint density at radius 2 is 2.24 bits per heavy atom. The van der Waals surface area contributed by atoms with E-state index < -0.39 is 0 Å². The number of ether oxygens (including phenoxy) is 1. The third kappa shape index (κ3) is 2.67. The molecule has 1 saturated carbocycles. The highest BCUT2D eigenvalue weighted by molar-refractivity contribution is 4.96. The molecule has 4 atom stereocenters. The molecule has 1 aliphatic carbocycles. The normalized spacial score (nSPS) is 46.1. The molecule has 3 nitrogen and oxygen atoms in total. The van der Waals surface area contributed by atoms with E-state index in [-0.39, 0.29) is 5.54 Å². The summed E-state index contributed by atoms with van der Waals surface area (Å²) in [5, 5.41) is 7.55. The van der Waals surface area contributed by atoms with E-state index in [9.17, 15) is 0 Å². The quantitative estimate of drug-likeness (QED) is 0.785. The maximum Gasteiger partial charge on any atom is 0.0646 e. The highest BCUT2D eigenvalue weighted by Crippen LogP contribution is 2.33. The molecule has 0 amide bonds. The first-order valence-corrected chi connectivity index (χ1v) is 7.34. The summed E-state index contributed by atoms with van der Waals surface area (Å²) in [4.78, 5) is 0. The molecule has 98 valence electrons. The Kier molecular flexibility index (Phi) is 3.42. The van der Waals surface area contributed by atoms with Crippen molar-refractivity contribution in [3.05, 3.63) is 0 Å². The van der Waals surface area contributed by atoms with E-state index in [1.807, 2.05) is 0 Å². The van der Waals surface area contributed by atoms with Crippen molar-refractivity contribution in [3.8, 4) is 0 Å². The lowest BCUT2D eigenvalue weighted by atomic mass is 9.85. The van der Waals surface area contributed by atoms with Gasteiger partial charge in [0.15, 0.2) is 0 Å². The Labute approximate surface area is 105 Å². The minimum absolute atomic E-state index is 0.232. The second kappa shape index (κ2) is 4.87. The Bertz CT molecular complexity index is 249. The van der Waals surface area contributed by atoms with Gasteiger partial charge >= 0.3 is 0 Å². The molecule has 0 bridgehead atoms. The fraction of sp³-hybridized carbons (Fsp3) is 1.00. The molecule has 0 aromatic rings. The molecular weight excluding hydrogens is 212 g/mol. The van der Waals surface area contributed by atoms with Gasteiger partial charge in [0, 0.05) is 30.8 Å². The summed E-state index contributed by atoms with van der Waals surface area (Å²) in [5.41, 5.74) is 0.232. The Balaban J connectivity index is 1.47. The minimum atomic E-state index is 0.232. The fourth-order valence-electron chi connectivity index (χ4n) is 3.76. The second-order valence-electron chi connectivity index (χ2n) is 6.49. The highest BCUT2D eigenvalue weighted by atomic mass is 16.5. The summed E-state index contributed by atoms with van der Waals surface area (Å²) in [5.74, 6) is 0.961. The highest BCUT2D eigenvalue weighted by Gasteiger charge is 2.36. The van der Waals surface area contributed by atoms with Crippen LogP contribution < -0.4 is 10.6 Å². The van der Waals surface area contributed by atoms with E-state index in [0.29, 0.717) is 6.04 Å². The molecule has 4 unspecified atom stereocenters. The van der Waals surface area contributed by atoms with Gasteiger partial charge < -0.3 is 15.4 Å². The van der Waals surface area contributed by atoms with Gasteiger partial charge in [-0.05, 0) is 38.5 Å². The lowest BCUT2D eigenvalue weighted by Gasteiger charge is -2.26. The SMILES string of the molecule is CC1(NCC2CC3CCCCC3N2)CCOC1. The first kappa shape index (κ1) is 11.9. The molecule has 2 heterocycles. The number of hydrogen-bond acceptors (Lipinski definition) is 3. The number of fused-ring (bicyclic) bond motifs is 1. The maximum absolute atomic E-state index is 5.49. The zero-order valence-electron chi connectivity index (χ0n) is 11.0. The monoisotopic (exact) mass is 238 g/mol. The van der Waals surface area contributed by atoms with Crippen LogP contribution in [0.15, 0.2) is 0 Å². The maximum atomic E-state index is 5.49. The van der Waals surface area contributed by atoms with E-state index in [0.717, 1.165) is 38.1 Å². The van der Waals surface area contributed by atoms with Crippen LogP contribution in [0.4, 0.5) is 0 Å². The third-order valence-corrected chi connectivity index (χ3v) is 4.94. The standard InChI is InChI=1S/C14H26N2O/c1-14(6-7-17-10-14)15-9-12-8-11-4-2-3-5-13(11)16-12/h11-13,15-16H,2-10H2,1H3. The predicted molar refractivity (Wildman–Crippen MR) is 69.1 cm³/mol. The molecule has 0 aromatic carbocycles. The van der Waals surface area contributed by atoms with Gasteiger partial charge in [0.1, 0.15) is 0 Å². The van der Waals surface area contributed by atoms with Crippen molar-refractivity contribution in [1.82, 2.24) is 10.6 Å². The van der Waals surface area contributed by atoms with Gasteiger partial charge in [-0.15, -0.1) is 0 Å². The summed E-state index contributed by atoms with van der Waals surface area (Å²) in [6.07, 6.45) is 8.28. The topological polar surface area (TPSA) is 33.3 Å². The van der Waals surface area contributed by atoms with Crippen LogP contribution in [-0.2, 0) is 4.74 Å². The second-order valence-corrected chi connectivity index (χ2v) is 6.49. The van der Waals surface area contributed by atoms with Crippen molar-refractivity contribution in [2.75, 3.05) is 19.8 Å². The van der Waals surface area contributed by atoms with Crippen LogP contribution in [0, 0.1) is 5.92 Å². The van der Waals surface area contributed by atoms with Crippen LogP contribution in [-0.4, -0.2) is 37.4 Å². The van der Waals surface area contributed by atoms with Crippen LogP contribution in [0.1, 0.15) is 45.4 Å². The van der Waals surface area contributed by atoms with Crippen molar-refractivity contribution in [2.24, 2.45) is 5.92 Å². The summed E-state index contributed by atoms with van der Waals surface area (Å²) < 4.78 is 5.49. The summed E-state index contributed by atoms with van der Waals surface area (Å²) in [6.45, 7) is 5.22. The molecular formula is C14H26N2O. The van der Waals surface area contributed by atoms with Crippen molar-refractivity contribution in [2.45, 2.75) is 63.1 Å². The first-order chi connectivity index (χ1) is 8.25. The van der Waals surface area contributed by atoms with Gasteiger partial charge in [0.25, 0.3) is 0 Å². The molecule has 17 heavy (non-hydrogen) atoms. The van der Waals surface area contributed by atoms with E-state index in [1.165, 1.54) is 32.1 Å². The van der Waals surface area contributed by atoms with Crippen LogP contribution in [0.25, 0.3) is 0 Å². The molecule has 2 aliphatic heterocycles. The molecule has 3 heteroatoms.